The molecular weight excluding hydrogens is 382 g/mol. The van der Waals surface area contributed by atoms with Crippen LogP contribution in [0.1, 0.15) is 43.0 Å². The van der Waals surface area contributed by atoms with Crippen LogP contribution in [-0.4, -0.2) is 33.1 Å². The largest absolute Gasteiger partial charge is 0.336 e. The Labute approximate surface area is 175 Å². The highest BCUT2D eigenvalue weighted by atomic mass is 16.6. The smallest absolute Gasteiger partial charge is 0.316 e. The number of nitrogens with zero attached hydrogens (tertiary/aromatic N) is 3. The monoisotopic (exact) mass is 407 g/mol. The maximum Gasteiger partial charge on any atom is 0.336 e. The van der Waals surface area contributed by atoms with E-state index in [2.05, 4.69) is 22.9 Å². The lowest BCUT2D eigenvalue weighted by atomic mass is 9.80. The summed E-state index contributed by atoms with van der Waals surface area (Å²) in [6.45, 7) is 0.457. The molecule has 8 nitrogen and oxygen atoms in total. The first-order valence-electron chi connectivity index (χ1n) is 10.5. The van der Waals surface area contributed by atoms with Gasteiger partial charge in [0.05, 0.1) is 4.92 Å². The molecule has 2 amide bonds. The molecule has 3 aliphatic rings. The second-order valence-corrected chi connectivity index (χ2v) is 8.30. The molecule has 2 N–H and O–H groups in total. The van der Waals surface area contributed by atoms with E-state index in [1.807, 2.05) is 23.1 Å². The van der Waals surface area contributed by atoms with Crippen molar-refractivity contribution in [3.8, 4) is 0 Å². The normalized spacial score (nSPS) is 28.2. The van der Waals surface area contributed by atoms with Crippen LogP contribution < -0.4 is 10.7 Å². The summed E-state index contributed by atoms with van der Waals surface area (Å²) in [6, 6.07) is 16.7. The van der Waals surface area contributed by atoms with E-state index in [9.17, 15) is 14.9 Å². The lowest BCUT2D eigenvalue weighted by Crippen LogP contribution is -2.65. The van der Waals surface area contributed by atoms with Crippen molar-refractivity contribution in [2.45, 2.75) is 50.6 Å². The first-order valence-corrected chi connectivity index (χ1v) is 10.5. The van der Waals surface area contributed by atoms with Crippen LogP contribution in [0.5, 0.6) is 0 Å². The van der Waals surface area contributed by atoms with E-state index < -0.39 is 4.92 Å². The highest BCUT2D eigenvalue weighted by Gasteiger charge is 2.51. The van der Waals surface area contributed by atoms with E-state index in [4.69, 9.17) is 0 Å². The van der Waals surface area contributed by atoms with E-state index in [0.717, 1.165) is 30.4 Å². The lowest BCUT2D eigenvalue weighted by Gasteiger charge is -2.49. The number of fused-ring (bicyclic) bond motifs is 3. The van der Waals surface area contributed by atoms with Crippen LogP contribution in [0.25, 0.3) is 0 Å². The van der Waals surface area contributed by atoms with Gasteiger partial charge in [-0.25, -0.2) is 15.2 Å². The number of hydrogen-bond acceptors (Lipinski definition) is 5. The van der Waals surface area contributed by atoms with Crippen LogP contribution in [0.4, 0.5) is 10.5 Å². The molecule has 0 spiro atoms. The van der Waals surface area contributed by atoms with Gasteiger partial charge in [0, 0.05) is 30.6 Å². The third-order valence-electron chi connectivity index (χ3n) is 6.56. The van der Waals surface area contributed by atoms with Crippen molar-refractivity contribution < 1.29 is 9.72 Å². The fourth-order valence-corrected chi connectivity index (χ4v) is 5.09. The summed E-state index contributed by atoms with van der Waals surface area (Å²) >= 11 is 0. The van der Waals surface area contributed by atoms with Crippen LogP contribution in [0.3, 0.4) is 0 Å². The number of hydrazine groups is 1. The van der Waals surface area contributed by atoms with Gasteiger partial charge in [-0.15, -0.1) is 0 Å². The van der Waals surface area contributed by atoms with Gasteiger partial charge < -0.3 is 4.90 Å². The second kappa shape index (κ2) is 7.70. The fourth-order valence-electron chi connectivity index (χ4n) is 5.09. The molecule has 4 atom stereocenters. The standard InChI is InChI=1S/C22H25N5O3/c28-22-25(14-15-10-12-17(13-11-15)27(29)30)19-9-5-4-8-18(19)21-23-20(24-26(21)22)16-6-2-1-3-7-16/h1-3,6-7,10-13,18-21,23-24H,4-5,8-9,14H2. The van der Waals surface area contributed by atoms with Crippen LogP contribution in [0.15, 0.2) is 54.6 Å². The van der Waals surface area contributed by atoms with Crippen LogP contribution in [0.2, 0.25) is 0 Å². The molecule has 0 aromatic heterocycles. The van der Waals surface area contributed by atoms with Gasteiger partial charge >= 0.3 is 6.03 Å². The molecule has 1 aliphatic carbocycles. The summed E-state index contributed by atoms with van der Waals surface area (Å²) in [6.07, 6.45) is 4.23. The maximum atomic E-state index is 13.5. The molecular formula is C22H25N5O3. The Hall–Kier alpha value is -2.97. The van der Waals surface area contributed by atoms with Crippen LogP contribution >= 0.6 is 0 Å². The number of benzene rings is 2. The fraction of sp³-hybridized carbons (Fsp3) is 0.409. The molecule has 8 heteroatoms. The Balaban J connectivity index is 1.40. The van der Waals surface area contributed by atoms with E-state index in [1.54, 1.807) is 17.1 Å². The summed E-state index contributed by atoms with van der Waals surface area (Å²) in [5.41, 5.74) is 5.45. The third kappa shape index (κ3) is 3.32. The molecule has 0 radical (unpaired) electrons. The molecule has 3 fully saturated rings. The topological polar surface area (TPSA) is 90.8 Å². The molecule has 156 valence electrons. The van der Waals surface area contributed by atoms with Crippen molar-refractivity contribution in [1.29, 1.82) is 0 Å². The third-order valence-corrected chi connectivity index (χ3v) is 6.56. The Morgan fingerprint density at radius 2 is 1.77 bits per heavy atom. The first kappa shape index (κ1) is 19.0. The van der Waals surface area contributed by atoms with Gasteiger partial charge in [-0.1, -0.05) is 55.3 Å². The van der Waals surface area contributed by atoms with Crippen molar-refractivity contribution in [3.05, 3.63) is 75.8 Å². The molecule has 2 saturated heterocycles. The zero-order chi connectivity index (χ0) is 20.7. The molecule has 2 aliphatic heterocycles. The zero-order valence-electron chi connectivity index (χ0n) is 16.6. The van der Waals surface area contributed by atoms with Crippen LogP contribution in [-0.2, 0) is 6.54 Å². The summed E-state index contributed by atoms with van der Waals surface area (Å²) in [5, 5.41) is 16.3. The van der Waals surface area contributed by atoms with Crippen molar-refractivity contribution in [2.75, 3.05) is 0 Å². The van der Waals surface area contributed by atoms with Crippen LogP contribution in [0, 0.1) is 16.0 Å². The Bertz CT molecular complexity index is 936. The minimum Gasteiger partial charge on any atom is -0.316 e. The molecule has 2 aromatic rings. The number of non-ortho nitro benzene ring substituents is 1. The Kier molecular flexibility index (Phi) is 4.88. The molecule has 2 heterocycles. The van der Waals surface area contributed by atoms with Gasteiger partial charge in [0.15, 0.2) is 0 Å². The van der Waals surface area contributed by atoms with E-state index >= 15 is 0 Å². The molecule has 2 aromatic carbocycles. The number of nitro groups is 1. The van der Waals surface area contributed by atoms with E-state index in [0.29, 0.717) is 12.5 Å². The number of rotatable bonds is 4. The number of urea groups is 1. The Morgan fingerprint density at radius 1 is 1.03 bits per heavy atom. The van der Waals surface area contributed by atoms with Gasteiger partial charge in [-0.05, 0) is 24.0 Å². The average molecular weight is 407 g/mol. The van der Waals surface area contributed by atoms with Crippen molar-refractivity contribution in [3.63, 3.8) is 0 Å². The summed E-state index contributed by atoms with van der Waals surface area (Å²) in [4.78, 5) is 25.9. The van der Waals surface area contributed by atoms with Crippen molar-refractivity contribution in [2.24, 2.45) is 5.92 Å². The average Bonchev–Trinajstić information content (AvgIpc) is 3.24. The molecule has 5 rings (SSSR count). The number of nitrogens with one attached hydrogen (secondary N) is 2. The number of carbonyl (C=O) groups excluding carboxylic acids is 1. The van der Waals surface area contributed by atoms with Crippen molar-refractivity contribution in [1.82, 2.24) is 20.7 Å². The van der Waals surface area contributed by atoms with Gasteiger partial charge in [0.25, 0.3) is 5.69 Å². The minimum atomic E-state index is -0.402. The SMILES string of the molecule is O=C1N(Cc2ccc([N+](=O)[O-])cc2)C2CCCCC2C2NC(c3ccccc3)NN12. The quantitative estimate of drug-likeness (QED) is 0.598. The van der Waals surface area contributed by atoms with E-state index in [1.165, 1.54) is 18.6 Å². The van der Waals surface area contributed by atoms with Crippen molar-refractivity contribution >= 4 is 11.7 Å². The molecule has 1 saturated carbocycles. The van der Waals surface area contributed by atoms with Gasteiger partial charge in [0.1, 0.15) is 12.3 Å². The highest BCUT2D eigenvalue weighted by molar-refractivity contribution is 5.76. The predicted octanol–water partition coefficient (Wildman–Crippen LogP) is 3.52. The number of carbonyl (C=O) groups is 1. The van der Waals surface area contributed by atoms with Gasteiger partial charge in [0.2, 0.25) is 0 Å². The number of nitro benzene ring substituents is 1. The summed E-state index contributed by atoms with van der Waals surface area (Å²) in [7, 11) is 0. The number of amides is 2. The highest BCUT2D eigenvalue weighted by Crippen LogP contribution is 2.39. The predicted molar refractivity (Wildman–Crippen MR) is 111 cm³/mol. The molecule has 30 heavy (non-hydrogen) atoms. The van der Waals surface area contributed by atoms with Gasteiger partial charge in [-0.2, -0.15) is 0 Å². The maximum absolute atomic E-state index is 13.5. The zero-order valence-corrected chi connectivity index (χ0v) is 16.6. The Morgan fingerprint density at radius 3 is 2.50 bits per heavy atom. The molecule has 0 bridgehead atoms. The summed E-state index contributed by atoms with van der Waals surface area (Å²) < 4.78 is 0. The first-order chi connectivity index (χ1) is 14.6. The molecule has 4 unspecified atom stereocenters. The second-order valence-electron chi connectivity index (χ2n) is 8.30. The lowest BCUT2D eigenvalue weighted by molar-refractivity contribution is -0.384. The van der Waals surface area contributed by atoms with Gasteiger partial charge in [-0.3, -0.25) is 15.4 Å². The summed E-state index contributed by atoms with van der Waals surface area (Å²) in [5.74, 6) is 0.343. The van der Waals surface area contributed by atoms with E-state index in [-0.39, 0.29) is 30.1 Å². The number of hydrogen-bond donors (Lipinski definition) is 2. The minimum absolute atomic E-state index is 0.0267.